The lowest BCUT2D eigenvalue weighted by atomic mass is 10.2. The molecule has 8 heteroatoms. The van der Waals surface area contributed by atoms with Crippen molar-refractivity contribution in [2.24, 2.45) is 0 Å². The molecule has 0 aliphatic heterocycles. The van der Waals surface area contributed by atoms with Crippen LogP contribution in [0.2, 0.25) is 5.02 Å². The van der Waals surface area contributed by atoms with Crippen LogP contribution in [-0.2, 0) is 16.0 Å². The van der Waals surface area contributed by atoms with Crippen LogP contribution in [0.1, 0.15) is 17.9 Å². The Morgan fingerprint density at radius 1 is 1.17 bits per heavy atom. The quantitative estimate of drug-likeness (QED) is 0.515. The van der Waals surface area contributed by atoms with Gasteiger partial charge in [-0.1, -0.05) is 39.7 Å². The van der Waals surface area contributed by atoms with E-state index in [1.54, 1.807) is 18.3 Å². The second-order valence-electron chi connectivity index (χ2n) is 6.39. The van der Waals surface area contributed by atoms with Crippen molar-refractivity contribution in [3.63, 3.8) is 0 Å². The van der Waals surface area contributed by atoms with Crippen LogP contribution in [0.5, 0.6) is 0 Å². The molecule has 150 valence electrons. The van der Waals surface area contributed by atoms with Gasteiger partial charge >= 0.3 is 0 Å². The zero-order chi connectivity index (χ0) is 20.8. The molecule has 1 aromatic heterocycles. The first-order valence-electron chi connectivity index (χ1n) is 8.94. The molecule has 0 saturated heterocycles. The SMILES string of the molecule is Cc1cc(NC(=O)CNC(=O)CCc2ncc(-c3ccccc3Cl)o2)ccc1Br. The van der Waals surface area contributed by atoms with Crippen molar-refractivity contribution < 1.29 is 14.0 Å². The van der Waals surface area contributed by atoms with Crippen molar-refractivity contribution in [2.45, 2.75) is 19.8 Å². The van der Waals surface area contributed by atoms with Crippen LogP contribution in [0.15, 0.2) is 57.6 Å². The normalized spacial score (nSPS) is 10.6. The van der Waals surface area contributed by atoms with E-state index in [-0.39, 0.29) is 24.8 Å². The first kappa shape index (κ1) is 21.1. The third-order valence-corrected chi connectivity index (χ3v) is 5.37. The number of nitrogens with one attached hydrogen (secondary N) is 2. The number of oxazole rings is 1. The number of nitrogens with zero attached hydrogens (tertiary/aromatic N) is 1. The lowest BCUT2D eigenvalue weighted by molar-refractivity contribution is -0.124. The molecule has 29 heavy (non-hydrogen) atoms. The topological polar surface area (TPSA) is 84.2 Å². The number of hydrogen-bond donors (Lipinski definition) is 2. The maximum Gasteiger partial charge on any atom is 0.243 e. The van der Waals surface area contributed by atoms with Crippen LogP contribution < -0.4 is 10.6 Å². The van der Waals surface area contributed by atoms with E-state index in [9.17, 15) is 9.59 Å². The highest BCUT2D eigenvalue weighted by molar-refractivity contribution is 9.10. The van der Waals surface area contributed by atoms with E-state index in [2.05, 4.69) is 31.5 Å². The van der Waals surface area contributed by atoms with Gasteiger partial charge in [-0.15, -0.1) is 0 Å². The highest BCUT2D eigenvalue weighted by Crippen LogP contribution is 2.28. The minimum absolute atomic E-state index is 0.107. The fraction of sp³-hybridized carbons (Fsp3) is 0.190. The summed E-state index contributed by atoms with van der Waals surface area (Å²) >= 11 is 9.56. The van der Waals surface area contributed by atoms with Crippen LogP contribution in [-0.4, -0.2) is 23.3 Å². The van der Waals surface area contributed by atoms with Gasteiger partial charge in [0.2, 0.25) is 11.8 Å². The first-order valence-corrected chi connectivity index (χ1v) is 10.1. The Kier molecular flexibility index (Phi) is 7.06. The number of amides is 2. The molecule has 2 aromatic carbocycles. The van der Waals surface area contributed by atoms with Crippen molar-refractivity contribution in [1.29, 1.82) is 0 Å². The number of benzene rings is 2. The van der Waals surface area contributed by atoms with Gasteiger partial charge in [0.25, 0.3) is 0 Å². The van der Waals surface area contributed by atoms with Crippen molar-refractivity contribution in [1.82, 2.24) is 10.3 Å². The van der Waals surface area contributed by atoms with E-state index in [0.717, 1.165) is 15.6 Å². The molecule has 0 atom stereocenters. The summed E-state index contributed by atoms with van der Waals surface area (Å²) in [5, 5.41) is 5.91. The monoisotopic (exact) mass is 475 g/mol. The number of hydrogen-bond acceptors (Lipinski definition) is 4. The zero-order valence-electron chi connectivity index (χ0n) is 15.7. The van der Waals surface area contributed by atoms with Gasteiger partial charge in [0.15, 0.2) is 11.7 Å². The average Bonchev–Trinajstić information content (AvgIpc) is 3.17. The minimum Gasteiger partial charge on any atom is -0.441 e. The Hall–Kier alpha value is -2.64. The van der Waals surface area contributed by atoms with Crippen molar-refractivity contribution in [2.75, 3.05) is 11.9 Å². The van der Waals surface area contributed by atoms with Gasteiger partial charge in [0, 0.05) is 28.6 Å². The van der Waals surface area contributed by atoms with E-state index >= 15 is 0 Å². The summed E-state index contributed by atoms with van der Waals surface area (Å²) in [7, 11) is 0. The Morgan fingerprint density at radius 3 is 2.72 bits per heavy atom. The Balaban J connectivity index is 1.45. The van der Waals surface area contributed by atoms with Crippen molar-refractivity contribution in [3.8, 4) is 11.3 Å². The number of anilines is 1. The molecule has 3 rings (SSSR count). The van der Waals surface area contributed by atoms with Gasteiger partial charge in [0.05, 0.1) is 17.8 Å². The molecule has 0 bridgehead atoms. The molecular formula is C21H19BrClN3O3. The number of carbonyl (C=O) groups is 2. The predicted octanol–water partition coefficient (Wildman–Crippen LogP) is 4.75. The predicted molar refractivity (Wildman–Crippen MR) is 116 cm³/mol. The van der Waals surface area contributed by atoms with Gasteiger partial charge < -0.3 is 15.1 Å². The first-order chi connectivity index (χ1) is 13.9. The summed E-state index contributed by atoms with van der Waals surface area (Å²) in [5.74, 6) is 0.432. The van der Waals surface area contributed by atoms with Crippen LogP contribution in [0.4, 0.5) is 5.69 Å². The van der Waals surface area contributed by atoms with Crippen LogP contribution >= 0.6 is 27.5 Å². The summed E-state index contributed by atoms with van der Waals surface area (Å²) in [4.78, 5) is 28.2. The van der Waals surface area contributed by atoms with Crippen LogP contribution in [0.25, 0.3) is 11.3 Å². The molecule has 6 nitrogen and oxygen atoms in total. The molecule has 0 radical (unpaired) electrons. The molecule has 0 fully saturated rings. The van der Waals surface area contributed by atoms with E-state index in [1.165, 1.54) is 0 Å². The molecule has 0 aliphatic rings. The minimum atomic E-state index is -0.294. The molecule has 2 amide bonds. The third kappa shape index (κ3) is 5.92. The number of carbonyl (C=O) groups excluding carboxylic acids is 2. The summed E-state index contributed by atoms with van der Waals surface area (Å²) in [6, 6.07) is 12.8. The summed E-state index contributed by atoms with van der Waals surface area (Å²) in [5.41, 5.74) is 2.43. The van der Waals surface area contributed by atoms with Gasteiger partial charge in [-0.3, -0.25) is 9.59 Å². The van der Waals surface area contributed by atoms with Crippen LogP contribution in [0, 0.1) is 6.92 Å². The lowest BCUT2D eigenvalue weighted by Crippen LogP contribution is -2.33. The molecule has 0 aliphatic carbocycles. The number of aryl methyl sites for hydroxylation is 2. The Labute approximate surface area is 181 Å². The second kappa shape index (κ2) is 9.71. The number of aromatic nitrogens is 1. The Bertz CT molecular complexity index is 1040. The Morgan fingerprint density at radius 2 is 1.97 bits per heavy atom. The summed E-state index contributed by atoms with van der Waals surface area (Å²) in [6.45, 7) is 1.83. The fourth-order valence-electron chi connectivity index (χ4n) is 2.63. The summed E-state index contributed by atoms with van der Waals surface area (Å²) < 4.78 is 6.63. The third-order valence-electron chi connectivity index (χ3n) is 4.15. The van der Waals surface area contributed by atoms with E-state index < -0.39 is 0 Å². The fourth-order valence-corrected chi connectivity index (χ4v) is 3.10. The lowest BCUT2D eigenvalue weighted by Gasteiger charge is -2.08. The van der Waals surface area contributed by atoms with Gasteiger partial charge in [0.1, 0.15) is 0 Å². The largest absolute Gasteiger partial charge is 0.441 e. The smallest absolute Gasteiger partial charge is 0.243 e. The van der Waals surface area contributed by atoms with Crippen molar-refractivity contribution >= 4 is 45.0 Å². The number of rotatable bonds is 7. The molecular weight excluding hydrogens is 458 g/mol. The van der Waals surface area contributed by atoms with Gasteiger partial charge in [-0.2, -0.15) is 0 Å². The maximum atomic E-state index is 12.0. The van der Waals surface area contributed by atoms with Gasteiger partial charge in [-0.05, 0) is 42.8 Å². The highest BCUT2D eigenvalue weighted by atomic mass is 79.9. The summed E-state index contributed by atoms with van der Waals surface area (Å²) in [6.07, 6.45) is 2.07. The molecule has 0 spiro atoms. The standard InChI is InChI=1S/C21H19BrClN3O3/c1-13-10-14(6-7-16(13)22)26-20(28)12-24-19(27)8-9-21-25-11-18(29-21)15-4-2-3-5-17(15)23/h2-7,10-11H,8-9,12H2,1H3,(H,24,27)(H,26,28). The van der Waals surface area contributed by atoms with E-state index in [4.69, 9.17) is 16.0 Å². The second-order valence-corrected chi connectivity index (χ2v) is 7.65. The molecule has 0 saturated carbocycles. The molecule has 1 heterocycles. The van der Waals surface area contributed by atoms with E-state index in [0.29, 0.717) is 28.8 Å². The van der Waals surface area contributed by atoms with Crippen molar-refractivity contribution in [3.05, 3.63) is 69.6 Å². The molecule has 3 aromatic rings. The molecule has 0 unspecified atom stereocenters. The molecule has 2 N–H and O–H groups in total. The zero-order valence-corrected chi connectivity index (χ0v) is 18.0. The number of halogens is 2. The van der Waals surface area contributed by atoms with E-state index in [1.807, 2.05) is 37.3 Å². The van der Waals surface area contributed by atoms with Crippen LogP contribution in [0.3, 0.4) is 0 Å². The average molecular weight is 477 g/mol. The highest BCUT2D eigenvalue weighted by Gasteiger charge is 2.12. The van der Waals surface area contributed by atoms with Gasteiger partial charge in [-0.25, -0.2) is 4.98 Å². The maximum absolute atomic E-state index is 12.0.